The van der Waals surface area contributed by atoms with E-state index in [9.17, 15) is 23.3 Å². The Morgan fingerprint density at radius 1 is 0.933 bits per heavy atom. The number of aryl methyl sites for hydroxylation is 1. The third-order valence-electron chi connectivity index (χ3n) is 4.30. The molecule has 0 aromatic heterocycles. The average molecular weight is 422 g/mol. The maximum atomic E-state index is 12.9. The molecular formula is C22H18N2O5S. The van der Waals surface area contributed by atoms with E-state index in [1.54, 1.807) is 36.4 Å². The van der Waals surface area contributed by atoms with E-state index < -0.39 is 20.9 Å². The van der Waals surface area contributed by atoms with E-state index in [0.717, 1.165) is 5.56 Å². The number of nitrogens with one attached hydrogen (secondary N) is 1. The Balaban J connectivity index is 1.99. The van der Waals surface area contributed by atoms with Crippen molar-refractivity contribution in [3.8, 4) is 0 Å². The van der Waals surface area contributed by atoms with Crippen molar-refractivity contribution in [3.63, 3.8) is 0 Å². The fraction of sp³-hybridized carbons (Fsp3) is 0.0455. The number of nitro groups is 1. The van der Waals surface area contributed by atoms with E-state index in [1.165, 1.54) is 42.5 Å². The van der Waals surface area contributed by atoms with E-state index in [1.807, 2.05) is 13.0 Å². The Hall–Kier alpha value is -3.78. The van der Waals surface area contributed by atoms with Crippen LogP contribution in [0, 0.1) is 17.0 Å². The lowest BCUT2D eigenvalue weighted by Crippen LogP contribution is -2.31. The van der Waals surface area contributed by atoms with Gasteiger partial charge in [0.2, 0.25) is 0 Å². The summed E-state index contributed by atoms with van der Waals surface area (Å²) in [6, 6.07) is 20.3. The first-order valence-electron chi connectivity index (χ1n) is 8.92. The Labute approximate surface area is 173 Å². The highest BCUT2D eigenvalue weighted by Crippen LogP contribution is 2.22. The van der Waals surface area contributed by atoms with Gasteiger partial charge in [0.25, 0.3) is 21.6 Å². The van der Waals surface area contributed by atoms with Crippen molar-refractivity contribution in [2.45, 2.75) is 11.8 Å². The highest BCUT2D eigenvalue weighted by molar-refractivity contribution is 7.90. The lowest BCUT2D eigenvalue weighted by atomic mass is 10.0. The van der Waals surface area contributed by atoms with Crippen LogP contribution >= 0.6 is 0 Å². The minimum atomic E-state index is -4.09. The lowest BCUT2D eigenvalue weighted by Gasteiger charge is -2.11. The van der Waals surface area contributed by atoms with Gasteiger partial charge in [-0.25, -0.2) is 13.1 Å². The van der Waals surface area contributed by atoms with Crippen molar-refractivity contribution in [2.75, 3.05) is 0 Å². The van der Waals surface area contributed by atoms with Crippen LogP contribution in [-0.2, 0) is 14.8 Å². The smallest absolute Gasteiger partial charge is 0.268 e. The molecule has 3 aromatic rings. The zero-order valence-electron chi connectivity index (χ0n) is 16.0. The average Bonchev–Trinajstić information content (AvgIpc) is 2.73. The Morgan fingerprint density at radius 3 is 2.10 bits per heavy atom. The molecule has 0 spiro atoms. The molecular weight excluding hydrogens is 404 g/mol. The molecule has 0 atom stereocenters. The molecule has 8 heteroatoms. The van der Waals surface area contributed by atoms with E-state index in [0.29, 0.717) is 11.1 Å². The number of hydrogen-bond donors (Lipinski definition) is 1. The molecule has 0 aliphatic carbocycles. The number of benzene rings is 3. The molecule has 0 aliphatic heterocycles. The highest BCUT2D eigenvalue weighted by atomic mass is 32.2. The molecule has 30 heavy (non-hydrogen) atoms. The molecule has 3 rings (SSSR count). The number of carbonyl (C=O) groups is 1. The summed E-state index contributed by atoms with van der Waals surface area (Å²) in [7, 11) is -4.09. The number of rotatable bonds is 6. The fourth-order valence-electron chi connectivity index (χ4n) is 2.71. The summed E-state index contributed by atoms with van der Waals surface area (Å²) in [6.45, 7) is 1.82. The van der Waals surface area contributed by atoms with Crippen molar-refractivity contribution in [1.29, 1.82) is 0 Å². The monoisotopic (exact) mass is 422 g/mol. The van der Waals surface area contributed by atoms with Gasteiger partial charge in [-0.1, -0.05) is 48.0 Å². The highest BCUT2D eigenvalue weighted by Gasteiger charge is 2.21. The predicted octanol–water partition coefficient (Wildman–Crippen LogP) is 3.95. The van der Waals surface area contributed by atoms with Crippen molar-refractivity contribution in [3.05, 3.63) is 106 Å². The molecule has 1 amide bonds. The second kappa shape index (κ2) is 8.71. The van der Waals surface area contributed by atoms with Crippen molar-refractivity contribution >= 4 is 33.3 Å². The number of non-ortho nitro benzene ring substituents is 1. The van der Waals surface area contributed by atoms with Crippen molar-refractivity contribution in [2.24, 2.45) is 0 Å². The number of hydrogen-bond acceptors (Lipinski definition) is 5. The summed E-state index contributed by atoms with van der Waals surface area (Å²) in [5, 5.41) is 10.9. The van der Waals surface area contributed by atoms with Gasteiger partial charge >= 0.3 is 0 Å². The number of sulfonamides is 1. The molecule has 1 N–H and O–H groups in total. The molecule has 0 unspecified atom stereocenters. The molecule has 0 bridgehead atoms. The minimum absolute atomic E-state index is 0.0378. The van der Waals surface area contributed by atoms with Gasteiger partial charge in [-0.3, -0.25) is 14.9 Å². The van der Waals surface area contributed by atoms with Crippen LogP contribution in [0.25, 0.3) is 11.6 Å². The quantitative estimate of drug-likeness (QED) is 0.280. The number of nitro benzene ring substituents is 1. The summed E-state index contributed by atoms with van der Waals surface area (Å²) in [5.41, 5.74) is 1.84. The molecule has 152 valence electrons. The number of nitrogens with zero attached hydrogens (tertiary/aromatic N) is 1. The molecule has 0 radical (unpaired) electrons. The van der Waals surface area contributed by atoms with E-state index in [2.05, 4.69) is 4.72 Å². The van der Waals surface area contributed by atoms with Crippen LogP contribution in [-0.4, -0.2) is 19.2 Å². The first-order chi connectivity index (χ1) is 14.3. The van der Waals surface area contributed by atoms with Gasteiger partial charge in [-0.2, -0.15) is 0 Å². The van der Waals surface area contributed by atoms with Crippen LogP contribution in [0.1, 0.15) is 16.7 Å². The van der Waals surface area contributed by atoms with Crippen molar-refractivity contribution in [1.82, 2.24) is 4.72 Å². The first-order valence-corrected chi connectivity index (χ1v) is 10.4. The number of amides is 1. The van der Waals surface area contributed by atoms with E-state index >= 15 is 0 Å². The molecule has 0 saturated carbocycles. The van der Waals surface area contributed by atoms with Gasteiger partial charge in [0.05, 0.1) is 9.82 Å². The molecule has 0 fully saturated rings. The largest absolute Gasteiger partial charge is 0.269 e. The second-order valence-corrected chi connectivity index (χ2v) is 8.20. The summed E-state index contributed by atoms with van der Waals surface area (Å²) in [5.74, 6) is -0.840. The fourth-order valence-corrected chi connectivity index (χ4v) is 3.68. The first kappa shape index (κ1) is 20.9. The number of carbonyl (C=O) groups excluding carboxylic acids is 1. The maximum absolute atomic E-state index is 12.9. The molecule has 0 heterocycles. The van der Waals surface area contributed by atoms with E-state index in [4.69, 9.17) is 0 Å². The summed E-state index contributed by atoms with van der Waals surface area (Å²) >= 11 is 0. The van der Waals surface area contributed by atoms with Crippen LogP contribution in [0.15, 0.2) is 83.8 Å². The third-order valence-corrected chi connectivity index (χ3v) is 5.65. The van der Waals surface area contributed by atoms with E-state index in [-0.39, 0.29) is 16.2 Å². The van der Waals surface area contributed by atoms with Crippen LogP contribution in [0.2, 0.25) is 0 Å². The van der Waals surface area contributed by atoms with Gasteiger partial charge in [-0.05, 0) is 48.4 Å². The third kappa shape index (κ3) is 4.98. The predicted molar refractivity (Wildman–Crippen MR) is 114 cm³/mol. The maximum Gasteiger partial charge on any atom is 0.269 e. The van der Waals surface area contributed by atoms with Crippen LogP contribution in [0.3, 0.4) is 0 Å². The van der Waals surface area contributed by atoms with Crippen LogP contribution in [0.4, 0.5) is 5.69 Å². The standard InChI is InChI=1S/C22H18N2O5S/c1-16-7-13-20(14-8-16)30(28,29)23-22(25)21(15-17-5-3-2-4-6-17)18-9-11-19(12-10-18)24(26)27/h2-15H,1H3,(H,23,25)/b21-15+. The summed E-state index contributed by atoms with van der Waals surface area (Å²) in [6.07, 6.45) is 1.53. The summed E-state index contributed by atoms with van der Waals surface area (Å²) < 4.78 is 27.4. The molecule has 7 nitrogen and oxygen atoms in total. The van der Waals surface area contributed by atoms with Crippen molar-refractivity contribution < 1.29 is 18.1 Å². The summed E-state index contributed by atoms with van der Waals surface area (Å²) in [4.78, 5) is 23.3. The molecule has 0 aliphatic rings. The second-order valence-electron chi connectivity index (χ2n) is 6.52. The zero-order valence-corrected chi connectivity index (χ0v) is 16.8. The Kier molecular flexibility index (Phi) is 6.08. The van der Waals surface area contributed by atoms with Gasteiger partial charge in [-0.15, -0.1) is 0 Å². The van der Waals surface area contributed by atoms with Crippen LogP contribution < -0.4 is 4.72 Å². The minimum Gasteiger partial charge on any atom is -0.268 e. The Bertz CT molecular complexity index is 1200. The zero-order chi connectivity index (χ0) is 21.7. The SMILES string of the molecule is Cc1ccc(S(=O)(=O)NC(=O)/C(=C/c2ccccc2)c2ccc([N+](=O)[O-])cc2)cc1. The van der Waals surface area contributed by atoms with Gasteiger partial charge < -0.3 is 0 Å². The Morgan fingerprint density at radius 2 is 1.53 bits per heavy atom. The molecule has 0 saturated heterocycles. The van der Waals surface area contributed by atoms with Gasteiger partial charge in [0.1, 0.15) is 0 Å². The van der Waals surface area contributed by atoms with Gasteiger partial charge in [0.15, 0.2) is 0 Å². The van der Waals surface area contributed by atoms with Gasteiger partial charge in [0, 0.05) is 17.7 Å². The topological polar surface area (TPSA) is 106 Å². The lowest BCUT2D eigenvalue weighted by molar-refractivity contribution is -0.384. The van der Waals surface area contributed by atoms with Crippen LogP contribution in [0.5, 0.6) is 0 Å². The normalized spacial score (nSPS) is 11.7. The molecule has 3 aromatic carbocycles.